The van der Waals surface area contributed by atoms with Gasteiger partial charge in [0, 0.05) is 37.8 Å². The third kappa shape index (κ3) is 3.44. The summed E-state index contributed by atoms with van der Waals surface area (Å²) in [6.07, 6.45) is 5.88. The maximum atomic E-state index is 8.98. The highest BCUT2D eigenvalue weighted by atomic mass is 16.5. The van der Waals surface area contributed by atoms with Gasteiger partial charge in [-0.1, -0.05) is 0 Å². The molecule has 2 aliphatic heterocycles. The minimum absolute atomic E-state index is 0.316. The van der Waals surface area contributed by atoms with Gasteiger partial charge in [-0.2, -0.15) is 0 Å². The molecule has 2 aliphatic rings. The molecule has 4 nitrogen and oxygen atoms in total. The molecule has 0 aromatic rings. The van der Waals surface area contributed by atoms with E-state index in [-0.39, 0.29) is 0 Å². The summed E-state index contributed by atoms with van der Waals surface area (Å²) in [5, 5.41) is 12.3. The number of hydrogen-bond donors (Lipinski definition) is 2. The van der Waals surface area contributed by atoms with Gasteiger partial charge in [-0.3, -0.25) is 4.90 Å². The molecule has 2 atom stereocenters. The normalized spacial score (nSPS) is 33.3. The van der Waals surface area contributed by atoms with Crippen LogP contribution in [-0.4, -0.2) is 62.6 Å². The van der Waals surface area contributed by atoms with E-state index in [4.69, 9.17) is 9.84 Å². The summed E-state index contributed by atoms with van der Waals surface area (Å²) in [5.74, 6) is 0. The average molecular weight is 256 g/mol. The summed E-state index contributed by atoms with van der Waals surface area (Å²) >= 11 is 0. The van der Waals surface area contributed by atoms with E-state index < -0.39 is 0 Å². The smallest absolute Gasteiger partial charge is 0.0547 e. The number of rotatable bonds is 7. The Bertz CT molecular complexity index is 242. The van der Waals surface area contributed by atoms with Crippen LogP contribution in [0.4, 0.5) is 0 Å². The number of hydrogen-bond acceptors (Lipinski definition) is 4. The standard InChI is InChI=1S/C14H28N2O2/c1-15-10-14(6-9-18-12-14)11-16-7-2-4-13(16)5-3-8-17/h13,15,17H,2-12H2,1H3. The summed E-state index contributed by atoms with van der Waals surface area (Å²) in [5.41, 5.74) is 0.316. The fraction of sp³-hybridized carbons (Fsp3) is 1.00. The second-order valence-corrected chi connectivity index (χ2v) is 5.97. The number of aliphatic hydroxyl groups is 1. The van der Waals surface area contributed by atoms with E-state index in [0.717, 1.165) is 39.1 Å². The molecule has 0 spiro atoms. The van der Waals surface area contributed by atoms with E-state index >= 15 is 0 Å². The third-order valence-electron chi connectivity index (χ3n) is 4.47. The molecule has 18 heavy (non-hydrogen) atoms. The van der Waals surface area contributed by atoms with Gasteiger partial charge in [0.15, 0.2) is 0 Å². The van der Waals surface area contributed by atoms with Crippen molar-refractivity contribution in [3.05, 3.63) is 0 Å². The molecular weight excluding hydrogens is 228 g/mol. The zero-order valence-electron chi connectivity index (χ0n) is 11.7. The molecule has 2 unspecified atom stereocenters. The fourth-order valence-corrected chi connectivity index (χ4v) is 3.53. The molecule has 2 fully saturated rings. The molecule has 0 aromatic heterocycles. The van der Waals surface area contributed by atoms with Crippen LogP contribution in [-0.2, 0) is 4.74 Å². The van der Waals surface area contributed by atoms with E-state index in [1.54, 1.807) is 0 Å². The van der Waals surface area contributed by atoms with Gasteiger partial charge >= 0.3 is 0 Å². The van der Waals surface area contributed by atoms with Crippen molar-refractivity contribution in [1.82, 2.24) is 10.2 Å². The first-order valence-electron chi connectivity index (χ1n) is 7.37. The van der Waals surface area contributed by atoms with Crippen molar-refractivity contribution < 1.29 is 9.84 Å². The first-order valence-corrected chi connectivity index (χ1v) is 7.37. The summed E-state index contributed by atoms with van der Waals surface area (Å²) in [4.78, 5) is 2.64. The van der Waals surface area contributed by atoms with Crippen LogP contribution in [0.3, 0.4) is 0 Å². The summed E-state index contributed by atoms with van der Waals surface area (Å²) in [7, 11) is 2.04. The lowest BCUT2D eigenvalue weighted by Crippen LogP contribution is -2.45. The number of aliphatic hydroxyl groups excluding tert-OH is 1. The Hall–Kier alpha value is -0.160. The average Bonchev–Trinajstić information content (AvgIpc) is 2.98. The van der Waals surface area contributed by atoms with Crippen molar-refractivity contribution in [2.45, 2.75) is 38.1 Å². The molecule has 0 saturated carbocycles. The highest BCUT2D eigenvalue weighted by Gasteiger charge is 2.38. The topological polar surface area (TPSA) is 44.7 Å². The predicted octanol–water partition coefficient (Wildman–Crippen LogP) is 0.849. The summed E-state index contributed by atoms with van der Waals surface area (Å²) in [6, 6.07) is 0.687. The van der Waals surface area contributed by atoms with Crippen molar-refractivity contribution in [1.29, 1.82) is 0 Å². The minimum atomic E-state index is 0.316. The van der Waals surface area contributed by atoms with Crippen molar-refractivity contribution in [3.8, 4) is 0 Å². The zero-order valence-corrected chi connectivity index (χ0v) is 11.7. The van der Waals surface area contributed by atoms with Crippen LogP contribution in [0.2, 0.25) is 0 Å². The molecular formula is C14H28N2O2. The lowest BCUT2D eigenvalue weighted by Gasteiger charge is -2.35. The van der Waals surface area contributed by atoms with Gasteiger partial charge in [-0.05, 0) is 45.7 Å². The monoisotopic (exact) mass is 256 g/mol. The third-order valence-corrected chi connectivity index (χ3v) is 4.47. The predicted molar refractivity (Wildman–Crippen MR) is 72.7 cm³/mol. The van der Waals surface area contributed by atoms with Gasteiger partial charge in [0.2, 0.25) is 0 Å². The number of nitrogens with one attached hydrogen (secondary N) is 1. The Morgan fingerprint density at radius 1 is 1.50 bits per heavy atom. The Morgan fingerprint density at radius 3 is 3.06 bits per heavy atom. The maximum absolute atomic E-state index is 8.98. The molecule has 106 valence electrons. The molecule has 0 radical (unpaired) electrons. The molecule has 0 aromatic carbocycles. The molecule has 2 rings (SSSR count). The number of nitrogens with zero attached hydrogens (tertiary/aromatic N) is 1. The number of likely N-dealkylation sites (tertiary alicyclic amines) is 1. The van der Waals surface area contributed by atoms with Crippen LogP contribution in [0.15, 0.2) is 0 Å². The van der Waals surface area contributed by atoms with E-state index in [0.29, 0.717) is 18.1 Å². The summed E-state index contributed by atoms with van der Waals surface area (Å²) < 4.78 is 5.63. The van der Waals surface area contributed by atoms with E-state index in [9.17, 15) is 0 Å². The minimum Gasteiger partial charge on any atom is -0.396 e. The van der Waals surface area contributed by atoms with Crippen LogP contribution >= 0.6 is 0 Å². The number of ether oxygens (including phenoxy) is 1. The fourth-order valence-electron chi connectivity index (χ4n) is 3.53. The van der Waals surface area contributed by atoms with Crippen molar-refractivity contribution >= 4 is 0 Å². The molecule has 2 N–H and O–H groups in total. The molecule has 0 bridgehead atoms. The lowest BCUT2D eigenvalue weighted by molar-refractivity contribution is 0.0995. The molecule has 4 heteroatoms. The van der Waals surface area contributed by atoms with E-state index in [1.807, 2.05) is 7.05 Å². The highest BCUT2D eigenvalue weighted by molar-refractivity contribution is 4.91. The van der Waals surface area contributed by atoms with Crippen LogP contribution in [0.5, 0.6) is 0 Å². The Labute approximate surface area is 111 Å². The van der Waals surface area contributed by atoms with Gasteiger partial charge in [-0.25, -0.2) is 0 Å². The van der Waals surface area contributed by atoms with Crippen molar-refractivity contribution in [3.63, 3.8) is 0 Å². The van der Waals surface area contributed by atoms with Gasteiger partial charge in [0.05, 0.1) is 6.61 Å². The van der Waals surface area contributed by atoms with E-state index in [1.165, 1.54) is 25.8 Å². The van der Waals surface area contributed by atoms with Gasteiger partial charge in [0.25, 0.3) is 0 Å². The Kier molecular flexibility index (Phi) is 5.42. The second kappa shape index (κ2) is 6.85. The van der Waals surface area contributed by atoms with Crippen LogP contribution in [0.25, 0.3) is 0 Å². The van der Waals surface area contributed by atoms with Crippen molar-refractivity contribution in [2.75, 3.05) is 46.5 Å². The summed E-state index contributed by atoms with van der Waals surface area (Å²) in [6.45, 7) is 5.57. The zero-order chi connectivity index (χ0) is 12.8. The largest absolute Gasteiger partial charge is 0.396 e. The maximum Gasteiger partial charge on any atom is 0.0547 e. The SMILES string of the molecule is CNCC1(CN2CCCC2CCCO)CCOC1. The van der Waals surface area contributed by atoms with Crippen LogP contribution in [0.1, 0.15) is 32.1 Å². The van der Waals surface area contributed by atoms with Gasteiger partial charge in [0.1, 0.15) is 0 Å². The van der Waals surface area contributed by atoms with Gasteiger partial charge < -0.3 is 15.2 Å². The molecule has 0 aliphatic carbocycles. The highest BCUT2D eigenvalue weighted by Crippen LogP contribution is 2.32. The molecule has 2 saturated heterocycles. The Morgan fingerprint density at radius 2 is 2.39 bits per heavy atom. The lowest BCUT2D eigenvalue weighted by atomic mass is 9.86. The second-order valence-electron chi connectivity index (χ2n) is 5.97. The first kappa shape index (κ1) is 14.3. The van der Waals surface area contributed by atoms with Gasteiger partial charge in [-0.15, -0.1) is 0 Å². The van der Waals surface area contributed by atoms with Crippen molar-refractivity contribution in [2.24, 2.45) is 5.41 Å². The molecule has 0 amide bonds. The Balaban J connectivity index is 1.89. The first-order chi connectivity index (χ1) is 8.79. The van der Waals surface area contributed by atoms with E-state index in [2.05, 4.69) is 10.2 Å². The molecule has 2 heterocycles. The van der Waals surface area contributed by atoms with Crippen LogP contribution in [0, 0.1) is 5.41 Å². The quantitative estimate of drug-likeness (QED) is 0.709. The van der Waals surface area contributed by atoms with Crippen LogP contribution < -0.4 is 5.32 Å².